The minimum atomic E-state index is -4.95. The van der Waals surface area contributed by atoms with Gasteiger partial charge in [-0.15, -0.1) is 0 Å². The van der Waals surface area contributed by atoms with E-state index in [0.717, 1.165) is 6.07 Å². The van der Waals surface area contributed by atoms with Gasteiger partial charge in [0.15, 0.2) is 11.9 Å². The van der Waals surface area contributed by atoms with Crippen LogP contribution < -0.4 is 5.56 Å². The molecule has 218 valence electrons. The first-order valence-electron chi connectivity index (χ1n) is 12.6. The van der Waals surface area contributed by atoms with Crippen LogP contribution in [0.25, 0.3) is 16.7 Å². The van der Waals surface area contributed by atoms with E-state index in [1.165, 1.54) is 42.0 Å². The molecule has 2 aromatic carbocycles. The molecule has 0 aliphatic rings. The first-order chi connectivity index (χ1) is 20.0. The number of hydrogen-bond acceptors (Lipinski definition) is 7. The van der Waals surface area contributed by atoms with E-state index >= 15 is 0 Å². The highest BCUT2D eigenvalue weighted by Gasteiger charge is 2.35. The number of carbonyl (C=O) groups is 1. The summed E-state index contributed by atoms with van der Waals surface area (Å²) < 4.78 is 65.7. The van der Waals surface area contributed by atoms with E-state index in [1.807, 2.05) is 6.07 Å². The molecular weight excluding hydrogens is 558 g/mol. The number of carbonyl (C=O) groups excluding carboxylic acids is 1. The summed E-state index contributed by atoms with van der Waals surface area (Å²) in [6.07, 6.45) is -4.96. The maximum atomic E-state index is 13.9. The van der Waals surface area contributed by atoms with Gasteiger partial charge in [0.25, 0.3) is 5.56 Å². The molecular formula is C29H25F4N5O4. The van der Waals surface area contributed by atoms with Crippen molar-refractivity contribution in [3.8, 4) is 11.8 Å². The minimum absolute atomic E-state index is 0.0741. The van der Waals surface area contributed by atoms with Gasteiger partial charge in [-0.25, -0.2) is 14.4 Å². The van der Waals surface area contributed by atoms with Gasteiger partial charge < -0.3 is 14.4 Å². The molecule has 0 spiro atoms. The Labute approximate surface area is 237 Å². The zero-order chi connectivity index (χ0) is 30.6. The number of nitriles is 1. The van der Waals surface area contributed by atoms with Crippen molar-refractivity contribution in [1.82, 2.24) is 19.4 Å². The van der Waals surface area contributed by atoms with Crippen LogP contribution in [0, 0.1) is 17.1 Å². The zero-order valence-electron chi connectivity index (χ0n) is 22.7. The molecule has 42 heavy (non-hydrogen) atoms. The highest BCUT2D eigenvalue weighted by atomic mass is 19.4. The van der Waals surface area contributed by atoms with E-state index in [4.69, 9.17) is 9.47 Å². The lowest BCUT2D eigenvalue weighted by Gasteiger charge is -2.32. The van der Waals surface area contributed by atoms with Crippen molar-refractivity contribution < 1.29 is 31.8 Å². The molecule has 9 nitrogen and oxygen atoms in total. The number of ether oxygens (including phenoxy) is 2. The van der Waals surface area contributed by atoms with Crippen LogP contribution in [0.1, 0.15) is 35.5 Å². The summed E-state index contributed by atoms with van der Waals surface area (Å²) in [6, 6.07) is 12.6. The Hall–Kier alpha value is -4.67. The number of aromatic nitrogens is 3. The summed E-state index contributed by atoms with van der Waals surface area (Å²) in [6.45, 7) is 1.40. The largest absolute Gasteiger partial charge is 0.419 e. The molecule has 4 aromatic rings. The van der Waals surface area contributed by atoms with Gasteiger partial charge in [-0.2, -0.15) is 18.4 Å². The number of fused-ring (bicyclic) bond motifs is 1. The number of rotatable bonds is 9. The molecule has 1 amide bonds. The van der Waals surface area contributed by atoms with Crippen molar-refractivity contribution >= 4 is 16.9 Å². The highest BCUT2D eigenvalue weighted by Crippen LogP contribution is 2.32. The molecule has 13 heteroatoms. The molecule has 4 rings (SSSR count). The second-order valence-corrected chi connectivity index (χ2v) is 9.26. The number of methoxy groups -OCH3 is 2. The molecule has 0 saturated carbocycles. The third-order valence-electron chi connectivity index (χ3n) is 6.65. The van der Waals surface area contributed by atoms with Gasteiger partial charge >= 0.3 is 6.18 Å². The van der Waals surface area contributed by atoms with Crippen LogP contribution in [0.5, 0.6) is 0 Å². The van der Waals surface area contributed by atoms with E-state index in [-0.39, 0.29) is 29.0 Å². The minimum Gasteiger partial charge on any atom is -0.354 e. The second kappa shape index (κ2) is 12.5. The Balaban J connectivity index is 1.84. The summed E-state index contributed by atoms with van der Waals surface area (Å²) >= 11 is 0. The van der Waals surface area contributed by atoms with E-state index in [9.17, 15) is 32.4 Å². The van der Waals surface area contributed by atoms with Gasteiger partial charge in [0.05, 0.1) is 47.3 Å². The van der Waals surface area contributed by atoms with Gasteiger partial charge in [-0.05, 0) is 61.0 Å². The lowest BCUT2D eigenvalue weighted by atomic mass is 10.1. The quantitative estimate of drug-likeness (QED) is 0.210. The van der Waals surface area contributed by atoms with E-state index in [2.05, 4.69) is 9.97 Å². The highest BCUT2D eigenvalue weighted by molar-refractivity contribution is 5.79. The third-order valence-corrected chi connectivity index (χ3v) is 6.65. The molecule has 1 unspecified atom stereocenters. The molecule has 0 fully saturated rings. The smallest absolute Gasteiger partial charge is 0.354 e. The number of benzene rings is 2. The summed E-state index contributed by atoms with van der Waals surface area (Å²) in [5.74, 6) is -2.03. The topological polar surface area (TPSA) is 110 Å². The summed E-state index contributed by atoms with van der Waals surface area (Å²) in [5.41, 5.74) is -1.23. The number of alkyl halides is 3. The Bertz CT molecular complexity index is 1700. The molecule has 0 saturated heterocycles. The van der Waals surface area contributed by atoms with Gasteiger partial charge in [0, 0.05) is 20.4 Å². The Kier molecular flexibility index (Phi) is 8.99. The number of halogens is 4. The van der Waals surface area contributed by atoms with Gasteiger partial charge in [-0.3, -0.25) is 14.2 Å². The van der Waals surface area contributed by atoms with E-state index in [0.29, 0.717) is 23.4 Å². The molecule has 0 aliphatic carbocycles. The summed E-state index contributed by atoms with van der Waals surface area (Å²) in [5, 5.41) is 9.41. The average Bonchev–Trinajstić information content (AvgIpc) is 2.98. The lowest BCUT2D eigenvalue weighted by molar-refractivity contribution is -0.149. The SMILES string of the molecule is COC(CN(C(=O)Cc1ccc(F)c(C(F)(F)F)c1)C(C)c1nc2ncccc2c(=O)n1-c1ccc(C#N)cc1)OC. The Morgan fingerprint density at radius 2 is 1.81 bits per heavy atom. The normalized spacial score (nSPS) is 12.4. The van der Waals surface area contributed by atoms with Crippen LogP contribution in [-0.2, 0) is 26.9 Å². The molecule has 0 bridgehead atoms. The third kappa shape index (κ3) is 6.29. The molecule has 2 heterocycles. The second-order valence-electron chi connectivity index (χ2n) is 9.26. The summed E-state index contributed by atoms with van der Waals surface area (Å²) in [7, 11) is 2.70. The first-order valence-corrected chi connectivity index (χ1v) is 12.6. The molecule has 0 radical (unpaired) electrons. The fourth-order valence-corrected chi connectivity index (χ4v) is 4.45. The fourth-order valence-electron chi connectivity index (χ4n) is 4.45. The molecule has 2 aromatic heterocycles. The molecule has 0 N–H and O–H groups in total. The van der Waals surface area contributed by atoms with Crippen molar-refractivity contribution in [2.45, 2.75) is 31.9 Å². The molecule has 0 aliphatic heterocycles. The van der Waals surface area contributed by atoms with Gasteiger partial charge in [0.2, 0.25) is 5.91 Å². The Morgan fingerprint density at radius 1 is 1.12 bits per heavy atom. The van der Waals surface area contributed by atoms with Crippen LogP contribution in [0.4, 0.5) is 17.6 Å². The van der Waals surface area contributed by atoms with Crippen LogP contribution in [0.2, 0.25) is 0 Å². The van der Waals surface area contributed by atoms with Crippen molar-refractivity contribution in [3.05, 3.63) is 99.5 Å². The predicted molar refractivity (Wildman–Crippen MR) is 143 cm³/mol. The number of pyridine rings is 1. The van der Waals surface area contributed by atoms with Crippen molar-refractivity contribution in [3.63, 3.8) is 0 Å². The van der Waals surface area contributed by atoms with Gasteiger partial charge in [0.1, 0.15) is 11.6 Å². The molecule has 1 atom stereocenters. The predicted octanol–water partition coefficient (Wildman–Crippen LogP) is 4.56. The zero-order valence-corrected chi connectivity index (χ0v) is 22.7. The van der Waals surface area contributed by atoms with Gasteiger partial charge in [-0.1, -0.05) is 6.07 Å². The van der Waals surface area contributed by atoms with E-state index < -0.39 is 47.8 Å². The fraction of sp³-hybridized carbons (Fsp3) is 0.276. The van der Waals surface area contributed by atoms with Crippen molar-refractivity contribution in [1.29, 1.82) is 5.26 Å². The Morgan fingerprint density at radius 3 is 2.43 bits per heavy atom. The maximum absolute atomic E-state index is 13.9. The van der Waals surface area contributed by atoms with Crippen molar-refractivity contribution in [2.24, 2.45) is 0 Å². The number of amides is 1. The van der Waals surface area contributed by atoms with Crippen LogP contribution >= 0.6 is 0 Å². The monoisotopic (exact) mass is 583 g/mol. The number of hydrogen-bond donors (Lipinski definition) is 0. The lowest BCUT2D eigenvalue weighted by Crippen LogP contribution is -2.43. The van der Waals surface area contributed by atoms with E-state index in [1.54, 1.807) is 31.2 Å². The summed E-state index contributed by atoms with van der Waals surface area (Å²) in [4.78, 5) is 37.4. The average molecular weight is 584 g/mol. The van der Waals surface area contributed by atoms with Crippen molar-refractivity contribution in [2.75, 3.05) is 20.8 Å². The maximum Gasteiger partial charge on any atom is 0.419 e. The standard InChI is InChI=1S/C29H25F4N5O4/c1-17(27-36-26-21(5-4-12-35-26)28(40)38(27)20-9-6-18(15-34)7-10-20)37(16-25(41-2)42-3)24(39)14-19-8-11-23(30)22(13-19)29(31,32)33/h4-13,17,25H,14,16H2,1-3H3. The number of nitrogens with zero attached hydrogens (tertiary/aromatic N) is 5. The van der Waals surface area contributed by atoms with Crippen LogP contribution in [0.15, 0.2) is 65.6 Å². The first kappa shape index (κ1) is 30.3. The van der Waals surface area contributed by atoms with Crippen LogP contribution in [-0.4, -0.2) is 52.4 Å². The van der Waals surface area contributed by atoms with Crippen LogP contribution in [0.3, 0.4) is 0 Å².